The van der Waals surface area contributed by atoms with Crippen LogP contribution in [0.15, 0.2) is 72.9 Å². The molecule has 0 aliphatic heterocycles. The Balaban J connectivity index is 4.77. The molecule has 12 heteroatoms. The van der Waals surface area contributed by atoms with E-state index in [1.165, 1.54) is 89.9 Å². The molecule has 11 nitrogen and oxygen atoms in total. The fraction of sp³-hybridized carbons (Fsp3) is 0.741. The van der Waals surface area contributed by atoms with Crippen molar-refractivity contribution in [2.24, 2.45) is 0 Å². The summed E-state index contributed by atoms with van der Waals surface area (Å²) in [6.07, 6.45) is 57.3. The lowest BCUT2D eigenvalue weighted by Crippen LogP contribution is -2.30. The van der Waals surface area contributed by atoms with Crippen LogP contribution < -0.4 is 0 Å². The third-order valence-corrected chi connectivity index (χ3v) is 12.6. The van der Waals surface area contributed by atoms with Crippen LogP contribution in [0.5, 0.6) is 0 Å². The van der Waals surface area contributed by atoms with Gasteiger partial charge in [-0.25, -0.2) is 4.57 Å². The van der Waals surface area contributed by atoms with Gasteiger partial charge >= 0.3 is 25.7 Å². The molecule has 0 spiro atoms. The monoisotopic (exact) mass is 1000 g/mol. The van der Waals surface area contributed by atoms with Gasteiger partial charge < -0.3 is 24.2 Å². The van der Waals surface area contributed by atoms with Crippen molar-refractivity contribution >= 4 is 25.7 Å². The smallest absolute Gasteiger partial charge is 0.462 e. The Hall–Kier alpha value is -3.08. The molecule has 0 heterocycles. The van der Waals surface area contributed by atoms with E-state index in [2.05, 4.69) is 93.7 Å². The van der Waals surface area contributed by atoms with Gasteiger partial charge in [-0.15, -0.1) is 0 Å². The minimum Gasteiger partial charge on any atom is -0.462 e. The van der Waals surface area contributed by atoms with Crippen molar-refractivity contribution in [2.45, 2.75) is 251 Å². The summed E-state index contributed by atoms with van der Waals surface area (Å²) in [7, 11) is -4.75. The number of phosphoric ester groups is 1. The lowest BCUT2D eigenvalue weighted by atomic mass is 10.1. The largest absolute Gasteiger partial charge is 0.472 e. The molecule has 404 valence electrons. The maximum Gasteiger partial charge on any atom is 0.472 e. The van der Waals surface area contributed by atoms with Gasteiger partial charge in [-0.2, -0.15) is 0 Å². The molecule has 3 atom stereocenters. The molecular formula is C58H101O11P. The Kier molecular flexibility index (Phi) is 50.0. The first kappa shape index (κ1) is 66.9. The molecule has 0 amide bonds. The first-order valence-corrected chi connectivity index (χ1v) is 29.3. The van der Waals surface area contributed by atoms with Crippen LogP contribution in [-0.4, -0.2) is 66.5 Å². The first-order valence-electron chi connectivity index (χ1n) is 27.8. The van der Waals surface area contributed by atoms with Crippen molar-refractivity contribution in [3.05, 3.63) is 72.9 Å². The molecular weight excluding hydrogens is 904 g/mol. The predicted octanol–water partition coefficient (Wildman–Crippen LogP) is 16.1. The number of aliphatic hydroxyl groups excluding tert-OH is 1. The third kappa shape index (κ3) is 49.9. The molecule has 0 radical (unpaired) electrons. The molecule has 0 bridgehead atoms. The van der Waals surface area contributed by atoms with E-state index in [1.807, 2.05) is 0 Å². The summed E-state index contributed by atoms with van der Waals surface area (Å²) < 4.78 is 39.4. The highest BCUT2D eigenvalue weighted by Gasteiger charge is 2.28. The molecule has 2 N–H and O–H groups in total. The summed E-state index contributed by atoms with van der Waals surface area (Å²) in [5, 5.41) is 9.76. The summed E-state index contributed by atoms with van der Waals surface area (Å²) in [5.41, 5.74) is 0. The number of unbranched alkanes of at least 4 members (excludes halogenated alkanes) is 22. The number of esters is 3. The van der Waals surface area contributed by atoms with Crippen LogP contribution in [0, 0.1) is 0 Å². The molecule has 0 saturated carbocycles. The van der Waals surface area contributed by atoms with Gasteiger partial charge in [0.1, 0.15) is 12.7 Å². The highest BCUT2D eigenvalue weighted by molar-refractivity contribution is 7.47. The van der Waals surface area contributed by atoms with Crippen molar-refractivity contribution in [2.75, 3.05) is 26.4 Å². The SMILES string of the molecule is CC/C=C\C/C=C\C/C=C\C/C=C\CCCCC(=O)OCC(COP(=O)(O)OCC(CO)OC(=O)CCCCCCCCCCC)OC(=O)CCCCCCCCCCC/C=C\C/C=C\CCCCC. The summed E-state index contributed by atoms with van der Waals surface area (Å²) in [6.45, 7) is 4.43. The van der Waals surface area contributed by atoms with Gasteiger partial charge in [-0.3, -0.25) is 23.4 Å². The Morgan fingerprint density at radius 2 is 0.743 bits per heavy atom. The second kappa shape index (κ2) is 52.2. The molecule has 70 heavy (non-hydrogen) atoms. The van der Waals surface area contributed by atoms with Gasteiger partial charge in [0.2, 0.25) is 0 Å². The molecule has 0 aromatic rings. The fourth-order valence-electron chi connectivity index (χ4n) is 7.38. The van der Waals surface area contributed by atoms with Crippen molar-refractivity contribution in [1.82, 2.24) is 0 Å². The number of rotatable bonds is 51. The average Bonchev–Trinajstić information content (AvgIpc) is 3.35. The number of hydrogen-bond donors (Lipinski definition) is 2. The fourth-order valence-corrected chi connectivity index (χ4v) is 8.16. The second-order valence-electron chi connectivity index (χ2n) is 18.4. The highest BCUT2D eigenvalue weighted by Crippen LogP contribution is 2.43. The molecule has 0 aromatic carbocycles. The Bertz CT molecular complexity index is 1450. The van der Waals surface area contributed by atoms with Gasteiger partial charge in [0.25, 0.3) is 0 Å². The average molecular weight is 1010 g/mol. The normalized spacial score (nSPS) is 14.0. The van der Waals surface area contributed by atoms with Gasteiger partial charge in [-0.1, -0.05) is 203 Å². The van der Waals surface area contributed by atoms with Gasteiger partial charge in [0, 0.05) is 19.3 Å². The van der Waals surface area contributed by atoms with Crippen LogP contribution in [-0.2, 0) is 42.2 Å². The predicted molar refractivity (Wildman–Crippen MR) is 288 cm³/mol. The highest BCUT2D eigenvalue weighted by atomic mass is 31.2. The molecule has 0 fully saturated rings. The summed E-state index contributed by atoms with van der Waals surface area (Å²) >= 11 is 0. The third-order valence-electron chi connectivity index (χ3n) is 11.6. The number of ether oxygens (including phenoxy) is 3. The van der Waals surface area contributed by atoms with E-state index in [0.717, 1.165) is 89.9 Å². The molecule has 0 aliphatic rings. The maximum absolute atomic E-state index is 12.9. The number of phosphoric acid groups is 1. The molecule has 3 unspecified atom stereocenters. The maximum atomic E-state index is 12.9. The van der Waals surface area contributed by atoms with Crippen LogP contribution in [0.2, 0.25) is 0 Å². The zero-order chi connectivity index (χ0) is 51.3. The zero-order valence-electron chi connectivity index (χ0n) is 44.5. The Labute approximate surface area is 427 Å². The number of allylic oxidation sites excluding steroid dienone is 12. The molecule has 0 aromatic heterocycles. The van der Waals surface area contributed by atoms with Crippen molar-refractivity contribution < 1.29 is 52.2 Å². The van der Waals surface area contributed by atoms with Crippen LogP contribution in [0.25, 0.3) is 0 Å². The van der Waals surface area contributed by atoms with E-state index < -0.39 is 57.8 Å². The minimum absolute atomic E-state index is 0.153. The first-order chi connectivity index (χ1) is 34.2. The van der Waals surface area contributed by atoms with Gasteiger partial charge in [0.05, 0.1) is 19.8 Å². The van der Waals surface area contributed by atoms with E-state index in [1.54, 1.807) is 0 Å². The van der Waals surface area contributed by atoms with E-state index in [0.29, 0.717) is 19.3 Å². The van der Waals surface area contributed by atoms with Crippen LogP contribution in [0.3, 0.4) is 0 Å². The zero-order valence-corrected chi connectivity index (χ0v) is 45.4. The van der Waals surface area contributed by atoms with Crippen molar-refractivity contribution in [1.29, 1.82) is 0 Å². The lowest BCUT2D eigenvalue weighted by molar-refractivity contribution is -0.161. The Morgan fingerprint density at radius 1 is 0.414 bits per heavy atom. The van der Waals surface area contributed by atoms with E-state index in [4.69, 9.17) is 23.3 Å². The van der Waals surface area contributed by atoms with E-state index in [-0.39, 0.29) is 25.9 Å². The number of aliphatic hydroxyl groups is 1. The standard InChI is InChI=1S/C58H101O11P/c1-4-7-10-13-16-19-21-23-25-26-27-28-30-32-34-37-40-43-46-49-58(62)69-55(51-65-56(60)47-44-41-38-36-33-31-29-24-22-20-17-14-11-8-5-2)53-67-70(63,64)66-52-54(50-59)68-57(61)48-45-42-39-35-18-15-12-9-6-3/h8,11,16-17,19-20,23-25,29,33,36,54-55,59H,4-7,9-10,12-15,18,21-22,26-28,30-32,34-35,37-53H2,1-3H3,(H,63,64)/b11-8-,19-16-,20-17-,25-23-,29-24-,36-33-. The number of carbonyl (C=O) groups is 3. The molecule has 0 saturated heterocycles. The van der Waals surface area contributed by atoms with Crippen molar-refractivity contribution in [3.63, 3.8) is 0 Å². The summed E-state index contributed by atoms with van der Waals surface area (Å²) in [4.78, 5) is 48.4. The summed E-state index contributed by atoms with van der Waals surface area (Å²) in [5.74, 6) is -1.52. The topological polar surface area (TPSA) is 155 Å². The minimum atomic E-state index is -4.75. The number of carbonyl (C=O) groups excluding carboxylic acids is 3. The van der Waals surface area contributed by atoms with Crippen molar-refractivity contribution in [3.8, 4) is 0 Å². The van der Waals surface area contributed by atoms with Gasteiger partial charge in [-0.05, 0) is 89.9 Å². The van der Waals surface area contributed by atoms with Crippen LogP contribution >= 0.6 is 7.82 Å². The van der Waals surface area contributed by atoms with Crippen LogP contribution in [0.4, 0.5) is 0 Å². The van der Waals surface area contributed by atoms with E-state index in [9.17, 15) is 28.9 Å². The van der Waals surface area contributed by atoms with Crippen LogP contribution in [0.1, 0.15) is 239 Å². The molecule has 0 aliphatic carbocycles. The van der Waals surface area contributed by atoms with E-state index >= 15 is 0 Å². The quantitative estimate of drug-likeness (QED) is 0.0197. The van der Waals surface area contributed by atoms with Gasteiger partial charge in [0.15, 0.2) is 6.10 Å². The number of hydrogen-bond acceptors (Lipinski definition) is 10. The molecule has 0 rings (SSSR count). The summed E-state index contributed by atoms with van der Waals surface area (Å²) in [6, 6.07) is 0. The Morgan fingerprint density at radius 3 is 1.20 bits per heavy atom. The second-order valence-corrected chi connectivity index (χ2v) is 19.8. The lowest BCUT2D eigenvalue weighted by Gasteiger charge is -2.21.